The summed E-state index contributed by atoms with van der Waals surface area (Å²) < 4.78 is 22.7. The smallest absolute Gasteiger partial charge is 0.255 e. The Kier molecular flexibility index (Phi) is 6.76. The molecule has 1 fully saturated rings. The average Bonchev–Trinajstić information content (AvgIpc) is 2.84. The third-order valence-corrected chi connectivity index (χ3v) is 6.92. The molecular weight excluding hydrogens is 452 g/mol. The Labute approximate surface area is 198 Å². The maximum absolute atomic E-state index is 13.1. The second kappa shape index (κ2) is 9.74. The van der Waals surface area contributed by atoms with Gasteiger partial charge < -0.3 is 10.2 Å². The van der Waals surface area contributed by atoms with Crippen LogP contribution in [0.4, 0.5) is 5.69 Å². The fourth-order valence-corrected chi connectivity index (χ4v) is 4.56. The minimum absolute atomic E-state index is 0.0149. The van der Waals surface area contributed by atoms with E-state index in [2.05, 4.69) is 10.3 Å². The Hall–Kier alpha value is -3.56. The molecule has 1 aliphatic heterocycles. The van der Waals surface area contributed by atoms with E-state index in [4.69, 9.17) is 5.14 Å². The summed E-state index contributed by atoms with van der Waals surface area (Å²) >= 11 is 0. The van der Waals surface area contributed by atoms with Crippen LogP contribution in [0.3, 0.4) is 0 Å². The number of amides is 2. The summed E-state index contributed by atoms with van der Waals surface area (Å²) in [5.74, 6) is -0.468. The van der Waals surface area contributed by atoms with Crippen molar-refractivity contribution in [3.63, 3.8) is 0 Å². The second-order valence-corrected chi connectivity index (χ2v) is 9.88. The van der Waals surface area contributed by atoms with Gasteiger partial charge in [0, 0.05) is 30.3 Å². The highest BCUT2D eigenvalue weighted by molar-refractivity contribution is 7.89. The van der Waals surface area contributed by atoms with Crippen molar-refractivity contribution >= 4 is 27.5 Å². The van der Waals surface area contributed by atoms with Crippen LogP contribution in [0.25, 0.3) is 11.3 Å². The fourth-order valence-electron chi connectivity index (χ4n) is 4.04. The molecule has 3 aromatic rings. The van der Waals surface area contributed by atoms with Crippen molar-refractivity contribution in [3.05, 3.63) is 78.0 Å². The van der Waals surface area contributed by atoms with Gasteiger partial charge in [-0.15, -0.1) is 0 Å². The normalized spacial score (nSPS) is 14.6. The number of aromatic nitrogens is 1. The molecule has 8 nitrogen and oxygen atoms in total. The lowest BCUT2D eigenvalue weighted by Gasteiger charge is -2.31. The minimum Gasteiger partial charge on any atom is -0.339 e. The molecule has 1 aromatic heterocycles. The lowest BCUT2D eigenvalue weighted by molar-refractivity contribution is -0.121. The molecule has 1 saturated heterocycles. The first-order chi connectivity index (χ1) is 16.2. The molecule has 3 N–H and O–H groups in total. The lowest BCUT2D eigenvalue weighted by Crippen LogP contribution is -2.41. The Morgan fingerprint density at radius 2 is 1.62 bits per heavy atom. The van der Waals surface area contributed by atoms with Crippen LogP contribution in [-0.2, 0) is 14.8 Å². The van der Waals surface area contributed by atoms with E-state index >= 15 is 0 Å². The highest BCUT2D eigenvalue weighted by Gasteiger charge is 2.28. The first-order valence-corrected chi connectivity index (χ1v) is 12.5. The van der Waals surface area contributed by atoms with Gasteiger partial charge in [0.1, 0.15) is 0 Å². The van der Waals surface area contributed by atoms with Crippen molar-refractivity contribution in [2.45, 2.75) is 24.7 Å². The molecule has 4 rings (SSSR count). The van der Waals surface area contributed by atoms with Gasteiger partial charge in [-0.2, -0.15) is 0 Å². The number of nitrogens with two attached hydrogens (primary N) is 1. The van der Waals surface area contributed by atoms with Crippen LogP contribution >= 0.6 is 0 Å². The SMILES string of the molecule is Cc1nc(-c2ccccc2)ccc1C(=O)N1CCC(C(=O)Nc2ccc(S(N)(=O)=O)cc2)CC1. The zero-order valence-electron chi connectivity index (χ0n) is 18.8. The van der Waals surface area contributed by atoms with Gasteiger partial charge >= 0.3 is 0 Å². The number of nitrogens with zero attached hydrogens (tertiary/aromatic N) is 2. The minimum atomic E-state index is -3.78. The van der Waals surface area contributed by atoms with E-state index in [-0.39, 0.29) is 22.6 Å². The maximum Gasteiger partial charge on any atom is 0.255 e. The Morgan fingerprint density at radius 3 is 2.21 bits per heavy atom. The number of rotatable bonds is 5. The molecule has 34 heavy (non-hydrogen) atoms. The van der Waals surface area contributed by atoms with Crippen molar-refractivity contribution < 1.29 is 18.0 Å². The van der Waals surface area contributed by atoms with E-state index in [0.717, 1.165) is 11.3 Å². The molecule has 0 radical (unpaired) electrons. The summed E-state index contributed by atoms with van der Waals surface area (Å²) in [6.07, 6.45) is 1.09. The second-order valence-electron chi connectivity index (χ2n) is 8.32. The average molecular weight is 479 g/mol. The number of nitrogens with one attached hydrogen (secondary N) is 1. The summed E-state index contributed by atoms with van der Waals surface area (Å²) in [7, 11) is -3.78. The number of primary sulfonamides is 1. The predicted octanol–water partition coefficient (Wildman–Crippen LogP) is 3.20. The van der Waals surface area contributed by atoms with E-state index in [9.17, 15) is 18.0 Å². The van der Waals surface area contributed by atoms with Crippen molar-refractivity contribution in [3.8, 4) is 11.3 Å². The summed E-state index contributed by atoms with van der Waals surface area (Å²) in [6.45, 7) is 2.78. The fraction of sp³-hybridized carbons (Fsp3) is 0.240. The molecule has 176 valence electrons. The quantitative estimate of drug-likeness (QED) is 0.583. The molecule has 0 spiro atoms. The van der Waals surface area contributed by atoms with E-state index in [1.807, 2.05) is 49.4 Å². The zero-order chi connectivity index (χ0) is 24.3. The zero-order valence-corrected chi connectivity index (χ0v) is 19.6. The van der Waals surface area contributed by atoms with Crippen LogP contribution in [0.1, 0.15) is 28.9 Å². The summed E-state index contributed by atoms with van der Waals surface area (Å²) in [5.41, 5.74) is 3.56. The first-order valence-electron chi connectivity index (χ1n) is 11.0. The summed E-state index contributed by atoms with van der Waals surface area (Å²) in [6, 6.07) is 19.2. The number of carbonyl (C=O) groups is 2. The molecule has 0 saturated carbocycles. The Balaban J connectivity index is 1.35. The van der Waals surface area contributed by atoms with E-state index in [1.165, 1.54) is 24.3 Å². The van der Waals surface area contributed by atoms with Gasteiger partial charge in [-0.05, 0) is 56.2 Å². The number of hydrogen-bond donors (Lipinski definition) is 2. The molecule has 2 amide bonds. The van der Waals surface area contributed by atoms with Crippen molar-refractivity contribution in [2.24, 2.45) is 11.1 Å². The Morgan fingerprint density at radius 1 is 0.971 bits per heavy atom. The summed E-state index contributed by atoms with van der Waals surface area (Å²) in [4.78, 5) is 32.1. The number of aryl methyl sites for hydroxylation is 1. The highest BCUT2D eigenvalue weighted by atomic mass is 32.2. The highest BCUT2D eigenvalue weighted by Crippen LogP contribution is 2.24. The monoisotopic (exact) mass is 478 g/mol. The van der Waals surface area contributed by atoms with E-state index < -0.39 is 10.0 Å². The summed E-state index contributed by atoms with van der Waals surface area (Å²) in [5, 5.41) is 7.91. The molecule has 1 aliphatic rings. The van der Waals surface area contributed by atoms with Crippen LogP contribution in [0.15, 0.2) is 71.6 Å². The van der Waals surface area contributed by atoms with Gasteiger partial charge in [-0.1, -0.05) is 30.3 Å². The molecule has 0 unspecified atom stereocenters. The number of hydrogen-bond acceptors (Lipinski definition) is 5. The Bertz CT molecular complexity index is 1300. The molecule has 9 heteroatoms. The topological polar surface area (TPSA) is 122 Å². The van der Waals surface area contributed by atoms with Crippen LogP contribution in [0, 0.1) is 12.8 Å². The van der Waals surface area contributed by atoms with Gasteiger partial charge in [0.05, 0.1) is 21.8 Å². The van der Waals surface area contributed by atoms with Crippen LogP contribution in [0.2, 0.25) is 0 Å². The van der Waals surface area contributed by atoms with Gasteiger partial charge in [0.2, 0.25) is 15.9 Å². The molecule has 0 aliphatic carbocycles. The lowest BCUT2D eigenvalue weighted by atomic mass is 9.95. The number of pyridine rings is 1. The standard InChI is InChI=1S/C25H26N4O4S/c1-17-22(11-12-23(27-17)18-5-3-2-4-6-18)25(31)29-15-13-19(14-16-29)24(30)28-20-7-9-21(10-8-20)34(26,32)33/h2-12,19H,13-16H2,1H3,(H,28,30)(H2,26,32,33). The maximum atomic E-state index is 13.1. The van der Waals surface area contributed by atoms with Crippen LogP contribution in [0.5, 0.6) is 0 Å². The first kappa shape index (κ1) is 23.6. The molecular formula is C25H26N4O4S. The van der Waals surface area contributed by atoms with Crippen molar-refractivity contribution in [1.82, 2.24) is 9.88 Å². The van der Waals surface area contributed by atoms with Gasteiger partial charge in [0.25, 0.3) is 5.91 Å². The largest absolute Gasteiger partial charge is 0.339 e. The number of piperidine rings is 1. The molecule has 0 bridgehead atoms. The molecule has 2 heterocycles. The molecule has 2 aromatic carbocycles. The van der Waals surface area contributed by atoms with Gasteiger partial charge in [-0.25, -0.2) is 13.6 Å². The number of sulfonamides is 1. The number of benzene rings is 2. The number of anilines is 1. The predicted molar refractivity (Wildman–Crippen MR) is 129 cm³/mol. The van der Waals surface area contributed by atoms with Crippen LogP contribution in [-0.4, -0.2) is 43.2 Å². The van der Waals surface area contributed by atoms with Gasteiger partial charge in [0.15, 0.2) is 0 Å². The van der Waals surface area contributed by atoms with Crippen molar-refractivity contribution in [2.75, 3.05) is 18.4 Å². The third-order valence-electron chi connectivity index (χ3n) is 5.99. The van der Waals surface area contributed by atoms with Gasteiger partial charge in [-0.3, -0.25) is 14.6 Å². The van der Waals surface area contributed by atoms with Crippen LogP contribution < -0.4 is 10.5 Å². The number of carbonyl (C=O) groups excluding carboxylic acids is 2. The third kappa shape index (κ3) is 5.32. The molecule has 0 atom stereocenters. The number of likely N-dealkylation sites (tertiary alicyclic amines) is 1. The van der Waals surface area contributed by atoms with E-state index in [0.29, 0.717) is 42.9 Å². The van der Waals surface area contributed by atoms with E-state index in [1.54, 1.807) is 4.90 Å². The van der Waals surface area contributed by atoms with Crippen molar-refractivity contribution in [1.29, 1.82) is 0 Å².